The Kier molecular flexibility index (Phi) is 8.55. The Morgan fingerprint density at radius 2 is 2.05 bits per heavy atom. The number of piperazine rings is 1. The summed E-state index contributed by atoms with van der Waals surface area (Å²) in [5, 5.41) is 5.23. The van der Waals surface area contributed by atoms with Crippen molar-refractivity contribution in [3.63, 3.8) is 0 Å². The van der Waals surface area contributed by atoms with Gasteiger partial charge in [-0.25, -0.2) is 0 Å². The molecule has 2 N–H and O–H groups in total. The van der Waals surface area contributed by atoms with Crippen LogP contribution in [0.15, 0.2) is 59.4 Å². The Balaban J connectivity index is 1.25. The van der Waals surface area contributed by atoms with E-state index in [9.17, 15) is 4.79 Å². The number of halogens is 1. The maximum absolute atomic E-state index is 11.9. The van der Waals surface area contributed by atoms with Gasteiger partial charge in [0.25, 0.3) is 0 Å². The van der Waals surface area contributed by atoms with E-state index in [0.717, 1.165) is 91.9 Å². The summed E-state index contributed by atoms with van der Waals surface area (Å²) in [6, 6.07) is 6.90. The average Bonchev–Trinajstić information content (AvgIpc) is 3.41. The topological polar surface area (TPSA) is 73.0 Å². The number of carbonyl (C=O) groups excluding carboxylic acids is 1. The lowest BCUT2D eigenvalue weighted by molar-refractivity contribution is -0.128. The SMILES string of the molecule is C=CC(=O)N1CCN([C@H]2CCC[C@@H](N=C3CCC/C=C(c4c[nH]c5c(OC)cccc45)\C(Cl)=C/N3)C2)CC1. The van der Waals surface area contributed by atoms with Crippen LogP contribution in [-0.2, 0) is 4.79 Å². The van der Waals surface area contributed by atoms with Gasteiger partial charge in [-0.3, -0.25) is 14.7 Å². The summed E-state index contributed by atoms with van der Waals surface area (Å²) in [6.45, 7) is 7.04. The minimum absolute atomic E-state index is 0.0395. The van der Waals surface area contributed by atoms with Gasteiger partial charge in [0.15, 0.2) is 0 Å². The summed E-state index contributed by atoms with van der Waals surface area (Å²) >= 11 is 6.86. The zero-order valence-electron chi connectivity index (χ0n) is 22.2. The number of allylic oxidation sites excluding steroid dienone is 3. The quantitative estimate of drug-likeness (QED) is 0.499. The molecule has 1 aromatic heterocycles. The first-order chi connectivity index (χ1) is 18.6. The third kappa shape index (κ3) is 5.84. The van der Waals surface area contributed by atoms with Crippen molar-refractivity contribution in [3.05, 3.63) is 59.9 Å². The standard InChI is InChI=1S/C30H38ClN5O2/c1-3-29(37)36-16-14-35(15-17-36)22-9-6-8-21(18-22)34-28-13-5-4-10-23(26(31)20-32-28)25-19-33-30-24(25)11-7-12-27(30)38-2/h3,7,10-12,19-22,33H,1,4-6,8-9,13-18H2,2H3,(H,32,34)/b23-10-,26-20+/t21-,22+/m1/s1. The van der Waals surface area contributed by atoms with Crippen molar-refractivity contribution in [3.8, 4) is 5.75 Å². The molecule has 3 heterocycles. The molecule has 0 spiro atoms. The van der Waals surface area contributed by atoms with E-state index >= 15 is 0 Å². The van der Waals surface area contributed by atoms with Crippen LogP contribution in [0.4, 0.5) is 0 Å². The number of methoxy groups -OCH3 is 1. The summed E-state index contributed by atoms with van der Waals surface area (Å²) in [4.78, 5) is 24.9. The molecule has 2 atom stereocenters. The van der Waals surface area contributed by atoms with Gasteiger partial charge >= 0.3 is 0 Å². The third-order valence-corrected chi connectivity index (χ3v) is 8.36. The van der Waals surface area contributed by atoms with Crippen molar-refractivity contribution in [2.75, 3.05) is 33.3 Å². The second kappa shape index (κ2) is 12.2. The van der Waals surface area contributed by atoms with Gasteiger partial charge in [-0.1, -0.05) is 36.4 Å². The van der Waals surface area contributed by atoms with Crippen molar-refractivity contribution in [1.82, 2.24) is 20.1 Å². The van der Waals surface area contributed by atoms with Crippen LogP contribution in [0.2, 0.25) is 0 Å². The number of amides is 1. The maximum atomic E-state index is 11.9. The first-order valence-electron chi connectivity index (χ1n) is 13.8. The molecule has 2 fully saturated rings. The van der Waals surface area contributed by atoms with E-state index in [1.165, 1.54) is 18.9 Å². The number of aliphatic imine (C=N–C) groups is 1. The number of fused-ring (bicyclic) bond motifs is 1. The van der Waals surface area contributed by atoms with Gasteiger partial charge in [0, 0.05) is 62.0 Å². The van der Waals surface area contributed by atoms with E-state index in [-0.39, 0.29) is 5.91 Å². The Morgan fingerprint density at radius 1 is 1.21 bits per heavy atom. The normalized spacial score (nSPS) is 27.3. The molecule has 1 amide bonds. The van der Waals surface area contributed by atoms with Crippen LogP contribution >= 0.6 is 11.6 Å². The van der Waals surface area contributed by atoms with Crippen LogP contribution in [0.3, 0.4) is 0 Å². The second-order valence-corrected chi connectivity index (χ2v) is 10.8. The summed E-state index contributed by atoms with van der Waals surface area (Å²) < 4.78 is 5.52. The molecule has 0 radical (unpaired) electrons. The van der Waals surface area contributed by atoms with Gasteiger partial charge in [-0.15, -0.1) is 0 Å². The van der Waals surface area contributed by atoms with Crippen LogP contribution in [0.25, 0.3) is 16.5 Å². The highest BCUT2D eigenvalue weighted by Gasteiger charge is 2.30. The minimum atomic E-state index is 0.0395. The molecular weight excluding hydrogens is 498 g/mol. The number of rotatable bonds is 5. The number of benzene rings is 1. The Labute approximate surface area is 230 Å². The molecule has 7 nitrogen and oxygen atoms in total. The molecule has 2 aliphatic heterocycles. The Morgan fingerprint density at radius 3 is 2.84 bits per heavy atom. The number of hydrogen-bond donors (Lipinski definition) is 2. The number of amidine groups is 1. The fourth-order valence-corrected chi connectivity index (χ4v) is 6.25. The van der Waals surface area contributed by atoms with Crippen molar-refractivity contribution in [2.45, 2.75) is 57.0 Å². The molecule has 8 heteroatoms. The zero-order valence-corrected chi connectivity index (χ0v) is 23.0. The van der Waals surface area contributed by atoms with Crippen LogP contribution in [0, 0.1) is 0 Å². The van der Waals surface area contributed by atoms with Gasteiger partial charge in [0.05, 0.1) is 23.7 Å². The maximum Gasteiger partial charge on any atom is 0.246 e. The molecule has 1 saturated carbocycles. The first-order valence-corrected chi connectivity index (χ1v) is 14.1. The number of ether oxygens (including phenoxy) is 1. The number of para-hydroxylation sites is 1. The Hall–Kier alpha value is -3.03. The largest absolute Gasteiger partial charge is 0.495 e. The summed E-state index contributed by atoms with van der Waals surface area (Å²) in [7, 11) is 1.69. The number of hydrogen-bond acceptors (Lipinski definition) is 4. The lowest BCUT2D eigenvalue weighted by Crippen LogP contribution is -2.52. The molecule has 1 saturated heterocycles. The van der Waals surface area contributed by atoms with Crippen LogP contribution in [0.1, 0.15) is 50.5 Å². The summed E-state index contributed by atoms with van der Waals surface area (Å²) in [6.07, 6.45) is 15.0. The van der Waals surface area contributed by atoms with Crippen molar-refractivity contribution in [2.24, 2.45) is 4.99 Å². The summed E-state index contributed by atoms with van der Waals surface area (Å²) in [5.41, 5.74) is 3.07. The van der Waals surface area contributed by atoms with Gasteiger partial charge in [-0.05, 0) is 56.2 Å². The zero-order chi connectivity index (χ0) is 26.5. The predicted molar refractivity (Wildman–Crippen MR) is 156 cm³/mol. The lowest BCUT2D eigenvalue weighted by Gasteiger charge is -2.41. The molecule has 1 aliphatic carbocycles. The van der Waals surface area contributed by atoms with E-state index < -0.39 is 0 Å². The van der Waals surface area contributed by atoms with Crippen LogP contribution in [0.5, 0.6) is 5.75 Å². The molecule has 0 unspecified atom stereocenters. The van der Waals surface area contributed by atoms with E-state index in [2.05, 4.69) is 33.9 Å². The fraction of sp³-hybridized carbons (Fsp3) is 0.467. The molecule has 1 aromatic carbocycles. The highest BCUT2D eigenvalue weighted by Crippen LogP contribution is 2.36. The van der Waals surface area contributed by atoms with E-state index in [0.29, 0.717) is 17.1 Å². The number of nitrogens with zero attached hydrogens (tertiary/aromatic N) is 3. The van der Waals surface area contributed by atoms with Crippen LogP contribution < -0.4 is 10.1 Å². The molecule has 2 aromatic rings. The fourth-order valence-electron chi connectivity index (χ4n) is 6.01. The van der Waals surface area contributed by atoms with Gasteiger partial charge in [-0.2, -0.15) is 0 Å². The number of nitrogens with one attached hydrogen (secondary N) is 2. The van der Waals surface area contributed by atoms with E-state index in [1.54, 1.807) is 7.11 Å². The van der Waals surface area contributed by atoms with Gasteiger partial charge in [0.1, 0.15) is 11.6 Å². The molecule has 3 aliphatic rings. The molecular formula is C30H38ClN5O2. The second-order valence-electron chi connectivity index (χ2n) is 10.3. The minimum Gasteiger partial charge on any atom is -0.495 e. The van der Waals surface area contributed by atoms with E-state index in [1.807, 2.05) is 29.4 Å². The highest BCUT2D eigenvalue weighted by molar-refractivity contribution is 6.37. The lowest BCUT2D eigenvalue weighted by atomic mass is 9.90. The third-order valence-electron chi connectivity index (χ3n) is 8.05. The monoisotopic (exact) mass is 535 g/mol. The number of aromatic nitrogens is 1. The van der Waals surface area contributed by atoms with Gasteiger partial charge in [0.2, 0.25) is 5.91 Å². The molecule has 0 bridgehead atoms. The van der Waals surface area contributed by atoms with E-state index in [4.69, 9.17) is 21.3 Å². The number of H-pyrrole nitrogens is 1. The summed E-state index contributed by atoms with van der Waals surface area (Å²) in [5.74, 6) is 1.88. The highest BCUT2D eigenvalue weighted by atomic mass is 35.5. The number of aromatic amines is 1. The average molecular weight is 536 g/mol. The molecule has 38 heavy (non-hydrogen) atoms. The smallest absolute Gasteiger partial charge is 0.246 e. The van der Waals surface area contributed by atoms with Crippen molar-refractivity contribution >= 4 is 39.8 Å². The predicted octanol–water partition coefficient (Wildman–Crippen LogP) is 5.45. The first kappa shape index (κ1) is 26.6. The molecule has 5 rings (SSSR count). The van der Waals surface area contributed by atoms with Crippen LogP contribution in [-0.4, -0.2) is 71.9 Å². The van der Waals surface area contributed by atoms with Crippen molar-refractivity contribution in [1.29, 1.82) is 0 Å². The molecule has 202 valence electrons. The van der Waals surface area contributed by atoms with Crippen molar-refractivity contribution < 1.29 is 9.53 Å². The van der Waals surface area contributed by atoms with Gasteiger partial charge < -0.3 is 19.9 Å². The number of carbonyl (C=O) groups is 1. The Bertz CT molecular complexity index is 1250.